The molecule has 2 aromatic rings. The molecule has 0 aliphatic rings. The summed E-state index contributed by atoms with van der Waals surface area (Å²) in [6, 6.07) is 18.6. The van der Waals surface area contributed by atoms with Crippen LogP contribution in [0.2, 0.25) is 0 Å². The summed E-state index contributed by atoms with van der Waals surface area (Å²) in [4.78, 5) is 18.2. The number of nitrogens with one attached hydrogen (secondary N) is 1. The zero-order valence-electron chi connectivity index (χ0n) is 15.6. The Balaban J connectivity index is 0.000000527. The maximum absolute atomic E-state index is 9.10. The minimum atomic E-state index is -1.82. The van der Waals surface area contributed by atoms with Crippen LogP contribution in [0, 0.1) is 0 Å². The topological polar surface area (TPSA) is 95.9 Å². The van der Waals surface area contributed by atoms with E-state index in [1.165, 1.54) is 18.4 Å². The third-order valence-electron chi connectivity index (χ3n) is 3.62. The van der Waals surface area contributed by atoms with Gasteiger partial charge in [0.15, 0.2) is 0 Å². The number of aliphatic carboxylic acids is 2. The van der Waals surface area contributed by atoms with Gasteiger partial charge in [-0.15, -0.1) is 0 Å². The summed E-state index contributed by atoms with van der Waals surface area (Å²) in [6.45, 7) is 5.10. The lowest BCUT2D eigenvalue weighted by Gasteiger charge is -2.12. The van der Waals surface area contributed by atoms with Crippen LogP contribution in [0.25, 0.3) is 11.1 Å². The summed E-state index contributed by atoms with van der Waals surface area (Å²) in [5.41, 5.74) is 2.37. The van der Waals surface area contributed by atoms with Crippen molar-refractivity contribution in [2.24, 2.45) is 0 Å². The molecule has 0 fully saturated rings. The highest BCUT2D eigenvalue weighted by molar-refractivity contribution is 6.27. The van der Waals surface area contributed by atoms with Crippen molar-refractivity contribution in [1.82, 2.24) is 5.32 Å². The van der Waals surface area contributed by atoms with E-state index in [2.05, 4.69) is 48.6 Å². The van der Waals surface area contributed by atoms with Crippen LogP contribution in [0.15, 0.2) is 54.6 Å². The van der Waals surface area contributed by atoms with Crippen molar-refractivity contribution < 1.29 is 24.5 Å². The molecule has 27 heavy (non-hydrogen) atoms. The third kappa shape index (κ3) is 9.42. The molecule has 146 valence electrons. The van der Waals surface area contributed by atoms with Gasteiger partial charge in [0, 0.05) is 5.56 Å². The summed E-state index contributed by atoms with van der Waals surface area (Å²) in [5.74, 6) is -2.68. The first-order valence-electron chi connectivity index (χ1n) is 9.00. The number of ether oxygens (including phenoxy) is 1. The fraction of sp³-hybridized carbons (Fsp3) is 0.333. The van der Waals surface area contributed by atoms with Gasteiger partial charge in [0.25, 0.3) is 0 Å². The summed E-state index contributed by atoms with van der Waals surface area (Å²) in [6.07, 6.45) is 3.53. The molecule has 0 unspecified atom stereocenters. The van der Waals surface area contributed by atoms with Crippen molar-refractivity contribution in [2.75, 3.05) is 19.7 Å². The van der Waals surface area contributed by atoms with Crippen LogP contribution in [0.3, 0.4) is 0 Å². The van der Waals surface area contributed by atoms with Crippen LogP contribution in [0.1, 0.15) is 26.2 Å². The quantitative estimate of drug-likeness (QED) is 0.458. The van der Waals surface area contributed by atoms with Crippen molar-refractivity contribution in [2.45, 2.75) is 26.2 Å². The van der Waals surface area contributed by atoms with Crippen LogP contribution in [0.4, 0.5) is 0 Å². The first-order chi connectivity index (χ1) is 13.1. The summed E-state index contributed by atoms with van der Waals surface area (Å²) in [5, 5.41) is 18.2. The zero-order valence-corrected chi connectivity index (χ0v) is 15.6. The van der Waals surface area contributed by atoms with E-state index in [0.717, 1.165) is 37.4 Å². The fourth-order valence-electron chi connectivity index (χ4n) is 2.25. The van der Waals surface area contributed by atoms with E-state index in [4.69, 9.17) is 24.5 Å². The number of unbranched alkanes of at least 4 members (excludes halogenated alkanes) is 1. The van der Waals surface area contributed by atoms with Gasteiger partial charge in [-0.25, -0.2) is 9.59 Å². The zero-order chi connectivity index (χ0) is 19.9. The molecule has 6 nitrogen and oxygen atoms in total. The van der Waals surface area contributed by atoms with Crippen molar-refractivity contribution >= 4 is 11.9 Å². The Hall–Kier alpha value is -2.86. The van der Waals surface area contributed by atoms with E-state index in [0.29, 0.717) is 0 Å². The van der Waals surface area contributed by atoms with E-state index in [1.54, 1.807) is 0 Å². The molecule has 0 bridgehead atoms. The number of benzene rings is 2. The van der Waals surface area contributed by atoms with E-state index in [9.17, 15) is 0 Å². The predicted octanol–water partition coefficient (Wildman–Crippen LogP) is 3.67. The van der Waals surface area contributed by atoms with Crippen LogP contribution >= 0.6 is 0 Å². The summed E-state index contributed by atoms with van der Waals surface area (Å²) < 4.78 is 5.96. The second-order valence-corrected chi connectivity index (χ2v) is 5.78. The fourth-order valence-corrected chi connectivity index (χ4v) is 2.25. The van der Waals surface area contributed by atoms with Crippen molar-refractivity contribution in [3.63, 3.8) is 0 Å². The molecule has 3 N–H and O–H groups in total. The summed E-state index contributed by atoms with van der Waals surface area (Å²) >= 11 is 0. The SMILES string of the molecule is CCCCNCCCOc1ccccc1-c1ccccc1.O=C(O)C(=O)O. The molecule has 0 heterocycles. The first-order valence-corrected chi connectivity index (χ1v) is 9.00. The number of rotatable bonds is 9. The Morgan fingerprint density at radius 1 is 0.889 bits per heavy atom. The highest BCUT2D eigenvalue weighted by Crippen LogP contribution is 2.29. The van der Waals surface area contributed by atoms with Crippen LogP contribution < -0.4 is 10.1 Å². The third-order valence-corrected chi connectivity index (χ3v) is 3.62. The molecule has 2 aromatic carbocycles. The molecule has 0 amide bonds. The molecule has 0 saturated carbocycles. The van der Waals surface area contributed by atoms with Crippen LogP contribution in [-0.4, -0.2) is 41.8 Å². The first kappa shape index (κ1) is 22.2. The molecule has 0 saturated heterocycles. The van der Waals surface area contributed by atoms with E-state index in [-0.39, 0.29) is 0 Å². The average molecular weight is 373 g/mol. The number of carboxylic acid groups (broad SMARTS) is 2. The molecular formula is C21H27NO5. The largest absolute Gasteiger partial charge is 0.493 e. The maximum atomic E-state index is 9.10. The monoisotopic (exact) mass is 373 g/mol. The van der Waals surface area contributed by atoms with E-state index >= 15 is 0 Å². The van der Waals surface area contributed by atoms with Gasteiger partial charge >= 0.3 is 11.9 Å². The van der Waals surface area contributed by atoms with Crippen LogP contribution in [-0.2, 0) is 9.59 Å². The standard InChI is InChI=1S/C19H25NO.C2H2O4/c1-2-3-14-20-15-9-16-21-19-13-8-7-12-18(19)17-10-5-4-6-11-17;3-1(4)2(5)6/h4-8,10-13,20H,2-3,9,14-16H2,1H3;(H,3,4)(H,5,6). The predicted molar refractivity (Wildman–Crippen MR) is 105 cm³/mol. The molecule has 0 atom stereocenters. The molecule has 0 aliphatic heterocycles. The lowest BCUT2D eigenvalue weighted by Crippen LogP contribution is -2.18. The number of hydrogen-bond donors (Lipinski definition) is 3. The smallest absolute Gasteiger partial charge is 0.414 e. The minimum absolute atomic E-state index is 0.753. The molecule has 0 aromatic heterocycles. The van der Waals surface area contributed by atoms with Gasteiger partial charge in [-0.1, -0.05) is 61.9 Å². The van der Waals surface area contributed by atoms with Crippen LogP contribution in [0.5, 0.6) is 5.75 Å². The second kappa shape index (κ2) is 13.4. The van der Waals surface area contributed by atoms with E-state index in [1.807, 2.05) is 18.2 Å². The van der Waals surface area contributed by atoms with Gasteiger partial charge in [-0.3, -0.25) is 0 Å². The lowest BCUT2D eigenvalue weighted by atomic mass is 10.1. The van der Waals surface area contributed by atoms with Crippen molar-refractivity contribution in [3.8, 4) is 16.9 Å². The molecule has 2 rings (SSSR count). The van der Waals surface area contributed by atoms with Gasteiger partial charge in [-0.05, 0) is 37.6 Å². The van der Waals surface area contributed by atoms with Gasteiger partial charge in [0.2, 0.25) is 0 Å². The summed E-state index contributed by atoms with van der Waals surface area (Å²) in [7, 11) is 0. The number of carboxylic acids is 2. The molecule has 0 radical (unpaired) electrons. The Bertz CT molecular complexity index is 676. The molecular weight excluding hydrogens is 346 g/mol. The Morgan fingerprint density at radius 3 is 2.11 bits per heavy atom. The Morgan fingerprint density at radius 2 is 1.48 bits per heavy atom. The maximum Gasteiger partial charge on any atom is 0.414 e. The molecule has 0 spiro atoms. The average Bonchev–Trinajstić information content (AvgIpc) is 2.69. The highest BCUT2D eigenvalue weighted by atomic mass is 16.5. The second-order valence-electron chi connectivity index (χ2n) is 5.78. The normalized spacial score (nSPS) is 9.81. The number of hydrogen-bond acceptors (Lipinski definition) is 4. The highest BCUT2D eigenvalue weighted by Gasteiger charge is 2.05. The van der Waals surface area contributed by atoms with Gasteiger partial charge < -0.3 is 20.3 Å². The number of para-hydroxylation sites is 1. The van der Waals surface area contributed by atoms with Gasteiger partial charge in [-0.2, -0.15) is 0 Å². The Labute approximate surface area is 159 Å². The van der Waals surface area contributed by atoms with Crippen molar-refractivity contribution in [3.05, 3.63) is 54.6 Å². The number of carbonyl (C=O) groups is 2. The van der Waals surface area contributed by atoms with Crippen molar-refractivity contribution in [1.29, 1.82) is 0 Å². The lowest BCUT2D eigenvalue weighted by molar-refractivity contribution is -0.159. The molecule has 6 heteroatoms. The van der Waals surface area contributed by atoms with E-state index < -0.39 is 11.9 Å². The molecule has 0 aliphatic carbocycles. The van der Waals surface area contributed by atoms with Gasteiger partial charge in [0.1, 0.15) is 5.75 Å². The Kier molecular flexibility index (Phi) is 11.0. The minimum Gasteiger partial charge on any atom is -0.493 e. The van der Waals surface area contributed by atoms with Gasteiger partial charge in [0.05, 0.1) is 6.61 Å².